The number of aromatic nitrogens is 2. The van der Waals surface area contributed by atoms with E-state index in [0.29, 0.717) is 23.4 Å². The van der Waals surface area contributed by atoms with Crippen LogP contribution in [-0.2, 0) is 13.0 Å². The maximum absolute atomic E-state index is 12.7. The van der Waals surface area contributed by atoms with Crippen LogP contribution in [0.5, 0.6) is 0 Å². The van der Waals surface area contributed by atoms with Crippen LogP contribution in [0.3, 0.4) is 0 Å². The van der Waals surface area contributed by atoms with E-state index in [4.69, 9.17) is 0 Å². The van der Waals surface area contributed by atoms with Gasteiger partial charge in [-0.25, -0.2) is 4.68 Å². The monoisotopic (exact) mass is 363 g/mol. The summed E-state index contributed by atoms with van der Waals surface area (Å²) in [5, 5.41) is 8.68. The largest absolute Gasteiger partial charge is 0.348 e. The fraction of sp³-hybridized carbons (Fsp3) is 0.318. The number of rotatable bonds is 6. The van der Waals surface area contributed by atoms with E-state index in [9.17, 15) is 9.59 Å². The molecule has 5 nitrogen and oxygen atoms in total. The Morgan fingerprint density at radius 1 is 1.07 bits per heavy atom. The lowest BCUT2D eigenvalue weighted by atomic mass is 9.97. The van der Waals surface area contributed by atoms with Gasteiger partial charge >= 0.3 is 0 Å². The van der Waals surface area contributed by atoms with Crippen molar-refractivity contribution in [3.63, 3.8) is 0 Å². The van der Waals surface area contributed by atoms with Crippen molar-refractivity contribution in [2.75, 3.05) is 0 Å². The second kappa shape index (κ2) is 8.16. The summed E-state index contributed by atoms with van der Waals surface area (Å²) >= 11 is 0. The first-order chi connectivity index (χ1) is 13.0. The lowest BCUT2D eigenvalue weighted by Gasteiger charge is -2.17. The molecule has 5 heteroatoms. The highest BCUT2D eigenvalue weighted by molar-refractivity contribution is 5.95. The van der Waals surface area contributed by atoms with Crippen LogP contribution in [0.2, 0.25) is 0 Å². The van der Waals surface area contributed by atoms with Gasteiger partial charge in [-0.3, -0.25) is 9.59 Å². The molecule has 1 aromatic heterocycles. The Bertz CT molecular complexity index is 1010. The fourth-order valence-corrected chi connectivity index (χ4v) is 3.22. The van der Waals surface area contributed by atoms with E-state index in [1.54, 1.807) is 12.3 Å². The molecule has 0 aliphatic carbocycles. The molecule has 1 atom stereocenters. The molecule has 1 heterocycles. The zero-order valence-corrected chi connectivity index (χ0v) is 16.0. The predicted molar refractivity (Wildman–Crippen MR) is 108 cm³/mol. The van der Waals surface area contributed by atoms with Gasteiger partial charge in [-0.15, -0.1) is 0 Å². The van der Waals surface area contributed by atoms with Crippen molar-refractivity contribution < 1.29 is 4.79 Å². The van der Waals surface area contributed by atoms with Crippen LogP contribution in [0.1, 0.15) is 36.7 Å². The molecule has 0 aliphatic rings. The minimum absolute atomic E-state index is 0.118. The minimum Gasteiger partial charge on any atom is -0.348 e. The summed E-state index contributed by atoms with van der Waals surface area (Å²) < 4.78 is 1.41. The average molecular weight is 363 g/mol. The molecule has 1 unspecified atom stereocenters. The Hall–Kier alpha value is -2.95. The first-order valence-corrected chi connectivity index (χ1v) is 9.29. The van der Waals surface area contributed by atoms with Crippen LogP contribution >= 0.6 is 0 Å². The maximum atomic E-state index is 12.7. The van der Waals surface area contributed by atoms with Crippen molar-refractivity contribution >= 4 is 16.7 Å². The zero-order valence-electron chi connectivity index (χ0n) is 16.0. The lowest BCUT2D eigenvalue weighted by Crippen LogP contribution is -2.39. The van der Waals surface area contributed by atoms with Gasteiger partial charge in [-0.1, -0.05) is 50.2 Å². The molecule has 1 amide bonds. The lowest BCUT2D eigenvalue weighted by molar-refractivity contribution is 0.0934. The predicted octanol–water partition coefficient (Wildman–Crippen LogP) is 3.41. The molecule has 0 fully saturated rings. The Morgan fingerprint density at radius 3 is 2.56 bits per heavy atom. The Kier molecular flexibility index (Phi) is 5.69. The van der Waals surface area contributed by atoms with E-state index in [2.05, 4.69) is 24.3 Å². The van der Waals surface area contributed by atoms with Crippen molar-refractivity contribution in [1.82, 2.24) is 15.1 Å². The summed E-state index contributed by atoms with van der Waals surface area (Å²) in [6.07, 6.45) is 2.53. The number of benzene rings is 2. The smallest absolute Gasteiger partial charge is 0.274 e. The van der Waals surface area contributed by atoms with E-state index >= 15 is 0 Å². The molecule has 0 bridgehead atoms. The molecular formula is C22H25N3O2. The molecule has 3 rings (SSSR count). The van der Waals surface area contributed by atoms with Gasteiger partial charge in [0.25, 0.3) is 11.5 Å². The van der Waals surface area contributed by atoms with E-state index in [1.807, 2.05) is 49.4 Å². The van der Waals surface area contributed by atoms with Gasteiger partial charge in [-0.05, 0) is 37.0 Å². The van der Waals surface area contributed by atoms with Crippen molar-refractivity contribution in [2.24, 2.45) is 5.92 Å². The second-order valence-corrected chi connectivity index (χ2v) is 7.35. The van der Waals surface area contributed by atoms with Gasteiger partial charge in [0.1, 0.15) is 0 Å². The Balaban J connectivity index is 1.75. The second-order valence-electron chi connectivity index (χ2n) is 7.35. The van der Waals surface area contributed by atoms with Crippen molar-refractivity contribution in [3.05, 3.63) is 76.2 Å². The summed E-state index contributed by atoms with van der Waals surface area (Å²) in [5.41, 5.74) is 1.59. The van der Waals surface area contributed by atoms with E-state index in [-0.39, 0.29) is 17.5 Å². The summed E-state index contributed by atoms with van der Waals surface area (Å²) in [5.74, 6) is 0.351. The zero-order chi connectivity index (χ0) is 19.4. The molecule has 140 valence electrons. The molecule has 0 radical (unpaired) electrons. The third-order valence-electron chi connectivity index (χ3n) is 4.48. The van der Waals surface area contributed by atoms with E-state index in [1.165, 1.54) is 4.68 Å². The van der Waals surface area contributed by atoms with Gasteiger partial charge in [0, 0.05) is 17.0 Å². The average Bonchev–Trinajstić information content (AvgIpc) is 2.64. The number of nitrogens with one attached hydrogen (secondary N) is 1. The number of hydrogen-bond donors (Lipinski definition) is 1. The third-order valence-corrected chi connectivity index (χ3v) is 4.48. The van der Waals surface area contributed by atoms with Crippen LogP contribution in [0, 0.1) is 5.92 Å². The molecule has 27 heavy (non-hydrogen) atoms. The minimum atomic E-state index is -0.226. The highest BCUT2D eigenvalue weighted by atomic mass is 16.2. The number of carbonyl (C=O) groups excluding carboxylic acids is 1. The van der Waals surface area contributed by atoms with Gasteiger partial charge in [-0.2, -0.15) is 5.10 Å². The maximum Gasteiger partial charge on any atom is 0.274 e. The first-order valence-electron chi connectivity index (χ1n) is 9.29. The Labute approximate surface area is 159 Å². The van der Waals surface area contributed by atoms with Gasteiger partial charge in [0.2, 0.25) is 0 Å². The third kappa shape index (κ3) is 4.42. The van der Waals surface area contributed by atoms with Crippen molar-refractivity contribution in [3.8, 4) is 0 Å². The SMILES string of the molecule is CC(C)Cc1ccccc1C(=O)NC(C)Cn1ncc2ccccc2c1=O. The van der Waals surface area contributed by atoms with Crippen LogP contribution in [0.4, 0.5) is 0 Å². The summed E-state index contributed by atoms with van der Waals surface area (Å²) in [7, 11) is 0. The summed E-state index contributed by atoms with van der Waals surface area (Å²) in [6.45, 7) is 6.47. The molecule has 3 aromatic rings. The van der Waals surface area contributed by atoms with Gasteiger partial charge in [0.05, 0.1) is 18.1 Å². The molecule has 0 saturated carbocycles. The quantitative estimate of drug-likeness (QED) is 0.730. The van der Waals surface area contributed by atoms with Crippen LogP contribution in [0.15, 0.2) is 59.5 Å². The van der Waals surface area contributed by atoms with Crippen LogP contribution < -0.4 is 10.9 Å². The highest BCUT2D eigenvalue weighted by Gasteiger charge is 2.15. The number of amides is 1. The molecule has 2 aromatic carbocycles. The highest BCUT2D eigenvalue weighted by Crippen LogP contribution is 2.14. The standard InChI is InChI=1S/C22H25N3O2/c1-15(2)12-17-8-4-6-10-19(17)21(26)24-16(3)14-25-22(27)20-11-7-5-9-18(20)13-23-25/h4-11,13,15-16H,12,14H2,1-3H3,(H,24,26). The molecule has 0 aliphatic heterocycles. The molecule has 0 spiro atoms. The van der Waals surface area contributed by atoms with E-state index < -0.39 is 0 Å². The fourth-order valence-electron chi connectivity index (χ4n) is 3.22. The Morgan fingerprint density at radius 2 is 1.78 bits per heavy atom. The molecule has 0 saturated heterocycles. The van der Waals surface area contributed by atoms with Crippen LogP contribution in [0.25, 0.3) is 10.8 Å². The summed E-state index contributed by atoms with van der Waals surface area (Å²) in [4.78, 5) is 25.3. The van der Waals surface area contributed by atoms with Crippen molar-refractivity contribution in [1.29, 1.82) is 0 Å². The normalized spacial score (nSPS) is 12.3. The summed E-state index contributed by atoms with van der Waals surface area (Å²) in [6, 6.07) is 14.8. The number of fused-ring (bicyclic) bond motifs is 1. The topological polar surface area (TPSA) is 64.0 Å². The number of nitrogens with zero attached hydrogens (tertiary/aromatic N) is 2. The number of carbonyl (C=O) groups is 1. The van der Waals surface area contributed by atoms with Gasteiger partial charge in [0.15, 0.2) is 0 Å². The molecular weight excluding hydrogens is 338 g/mol. The van der Waals surface area contributed by atoms with E-state index in [0.717, 1.165) is 17.4 Å². The van der Waals surface area contributed by atoms with Crippen molar-refractivity contribution in [2.45, 2.75) is 39.8 Å². The molecule has 1 N–H and O–H groups in total. The van der Waals surface area contributed by atoms with Crippen LogP contribution in [-0.4, -0.2) is 21.7 Å². The number of hydrogen-bond acceptors (Lipinski definition) is 3. The first kappa shape index (κ1) is 18.8. The van der Waals surface area contributed by atoms with Gasteiger partial charge < -0.3 is 5.32 Å².